The van der Waals surface area contributed by atoms with Crippen LogP contribution in [0.3, 0.4) is 0 Å². The van der Waals surface area contributed by atoms with E-state index >= 15 is 0 Å². The second kappa shape index (κ2) is 16.0. The Labute approximate surface area is 367 Å². The maximum atomic E-state index is 13.0. The van der Waals surface area contributed by atoms with Crippen LogP contribution in [0.5, 0.6) is 0 Å². The van der Waals surface area contributed by atoms with Gasteiger partial charge in [0.2, 0.25) is 11.8 Å². The number of aromatic amines is 1. The van der Waals surface area contributed by atoms with Crippen LogP contribution in [0.15, 0.2) is 71.5 Å². The average molecular weight is 848 g/mol. The van der Waals surface area contributed by atoms with Gasteiger partial charge < -0.3 is 24.6 Å². The highest BCUT2D eigenvalue weighted by Crippen LogP contribution is 2.47. The normalized spacial score (nSPS) is 22.3. The molecule has 3 aromatic carbocycles. The molecule has 1 aliphatic carbocycles. The number of amides is 3. The van der Waals surface area contributed by atoms with E-state index in [0.717, 1.165) is 63.0 Å². The van der Waals surface area contributed by atoms with Crippen LogP contribution in [0.4, 0.5) is 5.69 Å². The van der Waals surface area contributed by atoms with Crippen molar-refractivity contribution in [2.45, 2.75) is 115 Å². The van der Waals surface area contributed by atoms with Gasteiger partial charge in [-0.15, -0.1) is 0 Å². The Morgan fingerprint density at radius 1 is 0.921 bits per heavy atom. The summed E-state index contributed by atoms with van der Waals surface area (Å²) in [6, 6.07) is 22.0. The quantitative estimate of drug-likeness (QED) is 0.127. The van der Waals surface area contributed by atoms with Crippen molar-refractivity contribution in [2.24, 2.45) is 5.41 Å². The van der Waals surface area contributed by atoms with Crippen molar-refractivity contribution in [1.82, 2.24) is 40.6 Å². The van der Waals surface area contributed by atoms with Gasteiger partial charge in [0.05, 0.1) is 23.0 Å². The third-order valence-electron chi connectivity index (χ3n) is 14.7. The predicted molar refractivity (Wildman–Crippen MR) is 242 cm³/mol. The van der Waals surface area contributed by atoms with Gasteiger partial charge in [0, 0.05) is 53.1 Å². The number of aryl methyl sites for hydroxylation is 1. The van der Waals surface area contributed by atoms with Crippen LogP contribution in [0.1, 0.15) is 136 Å². The zero-order valence-corrected chi connectivity index (χ0v) is 37.0. The molecule has 3 aromatic heterocycles. The van der Waals surface area contributed by atoms with Crippen LogP contribution in [0.25, 0.3) is 33.2 Å². The first-order valence-electron chi connectivity index (χ1n) is 22.8. The van der Waals surface area contributed by atoms with E-state index in [0.29, 0.717) is 36.0 Å². The molecule has 0 unspecified atom stereocenters. The van der Waals surface area contributed by atoms with Crippen LogP contribution >= 0.6 is 0 Å². The van der Waals surface area contributed by atoms with Crippen molar-refractivity contribution in [2.75, 3.05) is 31.1 Å². The van der Waals surface area contributed by atoms with E-state index in [1.54, 1.807) is 6.33 Å². The molecule has 10 rings (SSSR count). The molecule has 6 heterocycles. The van der Waals surface area contributed by atoms with E-state index in [1.165, 1.54) is 62.9 Å². The van der Waals surface area contributed by atoms with Crippen molar-refractivity contribution in [1.29, 1.82) is 0 Å². The number of H-pyrrole nitrogens is 1. The predicted octanol–water partition coefficient (Wildman–Crippen LogP) is 8.41. The summed E-state index contributed by atoms with van der Waals surface area (Å²) >= 11 is 0. The van der Waals surface area contributed by atoms with Gasteiger partial charge >= 0.3 is 11.8 Å². The van der Waals surface area contributed by atoms with Gasteiger partial charge in [-0.1, -0.05) is 68.4 Å². The zero-order chi connectivity index (χ0) is 43.6. The highest BCUT2D eigenvalue weighted by atomic mass is 16.5. The molecule has 4 aliphatic rings. The Balaban J connectivity index is 0.745. The highest BCUT2D eigenvalue weighted by Gasteiger charge is 2.42. The number of fused-ring (bicyclic) bond motifs is 3. The van der Waals surface area contributed by atoms with Gasteiger partial charge in [0.15, 0.2) is 5.82 Å². The number of nitrogens with zero attached hydrogens (tertiary/aromatic N) is 6. The molecule has 6 aromatic rings. The smallest absolute Gasteiger partial charge is 0.315 e. The molecule has 326 valence electrons. The van der Waals surface area contributed by atoms with Crippen LogP contribution in [0, 0.1) is 12.3 Å². The Morgan fingerprint density at radius 2 is 1.65 bits per heavy atom. The minimum absolute atomic E-state index is 0.0392. The van der Waals surface area contributed by atoms with Crippen LogP contribution in [-0.2, 0) is 15.0 Å². The number of benzene rings is 3. The molecular formula is C50H57N9O4. The van der Waals surface area contributed by atoms with Crippen LogP contribution in [-0.4, -0.2) is 79.9 Å². The summed E-state index contributed by atoms with van der Waals surface area (Å²) in [6.07, 6.45) is 10.0. The minimum Gasteiger partial charge on any atom is -0.371 e. The molecule has 13 nitrogen and oxygen atoms in total. The Bertz CT molecular complexity index is 2710. The van der Waals surface area contributed by atoms with E-state index in [2.05, 4.69) is 108 Å². The van der Waals surface area contributed by atoms with Gasteiger partial charge in [-0.25, -0.2) is 9.97 Å². The van der Waals surface area contributed by atoms with E-state index in [9.17, 15) is 14.4 Å². The number of carbonyl (C=O) groups excluding carboxylic acids is 3. The number of rotatable bonds is 8. The Kier molecular flexibility index (Phi) is 10.4. The second-order valence-corrected chi connectivity index (χ2v) is 19.8. The molecule has 3 saturated heterocycles. The third-order valence-corrected chi connectivity index (χ3v) is 14.7. The van der Waals surface area contributed by atoms with Gasteiger partial charge in [-0.2, -0.15) is 4.98 Å². The summed E-state index contributed by atoms with van der Waals surface area (Å²) in [6.45, 7) is 14.4. The van der Waals surface area contributed by atoms with Gasteiger partial charge in [-0.3, -0.25) is 19.7 Å². The number of piperidine rings is 3. The van der Waals surface area contributed by atoms with Crippen molar-refractivity contribution in [3.8, 4) is 11.3 Å². The number of anilines is 1. The summed E-state index contributed by atoms with van der Waals surface area (Å²) in [5, 5.41) is 11.6. The van der Waals surface area contributed by atoms with E-state index < -0.39 is 5.91 Å². The lowest BCUT2D eigenvalue weighted by atomic mass is 9.69. The topological polar surface area (TPSA) is 162 Å². The monoisotopic (exact) mass is 847 g/mol. The maximum absolute atomic E-state index is 13.0. The SMILES string of the molecule is Cc1cc(-c2ncnc3[nH]c4cc(N5CCC6(CC5)CCN([C@H]5C[C@@H](c7ccc([C@H]8CCC(=O)NC8=O)cc7)C5)CC6)ccc4c23)ccc1[C@@H](C)NC(=O)c1nc(C(C)(C)C)no1. The highest BCUT2D eigenvalue weighted by molar-refractivity contribution is 6.12. The third kappa shape index (κ3) is 7.89. The number of aromatic nitrogens is 5. The fourth-order valence-corrected chi connectivity index (χ4v) is 10.7. The van der Waals surface area contributed by atoms with Gasteiger partial charge in [0.25, 0.3) is 0 Å². The summed E-state index contributed by atoms with van der Waals surface area (Å²) < 4.78 is 5.27. The molecule has 2 atom stereocenters. The van der Waals surface area contributed by atoms with Crippen molar-refractivity contribution >= 4 is 45.3 Å². The Hall–Kier alpha value is -5.95. The van der Waals surface area contributed by atoms with E-state index in [4.69, 9.17) is 9.51 Å². The number of carbonyl (C=O) groups is 3. The lowest BCUT2D eigenvalue weighted by Crippen LogP contribution is -2.52. The number of hydrogen-bond acceptors (Lipinski definition) is 10. The van der Waals surface area contributed by atoms with Crippen molar-refractivity contribution in [3.05, 3.63) is 101 Å². The summed E-state index contributed by atoms with van der Waals surface area (Å²) in [4.78, 5) is 59.6. The molecule has 3 N–H and O–H groups in total. The number of nitrogens with one attached hydrogen (secondary N) is 3. The summed E-state index contributed by atoms with van der Waals surface area (Å²) in [5.74, 6) is 0.0827. The molecule has 0 bridgehead atoms. The molecule has 3 aliphatic heterocycles. The van der Waals surface area contributed by atoms with Crippen molar-refractivity contribution < 1.29 is 18.9 Å². The van der Waals surface area contributed by atoms with Gasteiger partial charge in [0.1, 0.15) is 12.0 Å². The molecular weight excluding hydrogens is 791 g/mol. The fraction of sp³-hybridized carbons (Fsp3) is 0.460. The molecule has 1 saturated carbocycles. The lowest BCUT2D eigenvalue weighted by Gasteiger charge is -2.51. The lowest BCUT2D eigenvalue weighted by molar-refractivity contribution is -0.134. The molecule has 0 radical (unpaired) electrons. The van der Waals surface area contributed by atoms with Gasteiger partial charge in [-0.05, 0) is 124 Å². The first kappa shape index (κ1) is 41.1. The first-order valence-corrected chi connectivity index (χ1v) is 22.8. The zero-order valence-electron chi connectivity index (χ0n) is 37.0. The van der Waals surface area contributed by atoms with E-state index in [-0.39, 0.29) is 35.1 Å². The number of likely N-dealkylation sites (tertiary alicyclic amines) is 1. The standard InChI is InChI=1S/C50H57N9O4/c1-29-24-33(10-12-37(29)30(2)53-46(62)47-56-48(57-63-47)49(3,4)5)43-42-39-13-11-35(27-40(39)54-44(42)52-28-51-43)58-20-16-50(17-21-58)18-22-59(23-19-50)36-25-34(26-36)31-6-8-32(9-7-31)38-14-15-41(60)55-45(38)61/h6-13,24,27-28,30,34,36,38H,14-23,25-26H2,1-5H3,(H,53,62)(H,51,52,54)(H,55,60,61)/t30-,34-,36+,38-/m1/s1. The Morgan fingerprint density at radius 3 is 2.35 bits per heavy atom. The second-order valence-electron chi connectivity index (χ2n) is 19.8. The maximum Gasteiger partial charge on any atom is 0.315 e. The average Bonchev–Trinajstić information content (AvgIpc) is 3.91. The number of hydrogen-bond donors (Lipinski definition) is 3. The van der Waals surface area contributed by atoms with Crippen LogP contribution < -0.4 is 15.5 Å². The molecule has 1 spiro atoms. The van der Waals surface area contributed by atoms with Crippen LogP contribution in [0.2, 0.25) is 0 Å². The summed E-state index contributed by atoms with van der Waals surface area (Å²) in [7, 11) is 0. The molecule has 13 heteroatoms. The molecule has 4 fully saturated rings. The largest absolute Gasteiger partial charge is 0.371 e. The first-order chi connectivity index (χ1) is 30.3. The minimum atomic E-state index is -0.399. The summed E-state index contributed by atoms with van der Waals surface area (Å²) in [5.41, 5.74) is 9.49. The fourth-order valence-electron chi connectivity index (χ4n) is 10.7. The van der Waals surface area contributed by atoms with Crippen molar-refractivity contribution in [3.63, 3.8) is 0 Å². The number of imide groups is 1. The molecule has 63 heavy (non-hydrogen) atoms. The molecule has 3 amide bonds. The van der Waals surface area contributed by atoms with E-state index in [1.807, 2.05) is 27.7 Å².